The number of nitrogens with zero attached hydrogens (tertiary/aromatic N) is 3. The molecule has 0 spiro atoms. The van der Waals surface area contributed by atoms with Crippen LogP contribution in [0, 0.1) is 5.82 Å². The van der Waals surface area contributed by atoms with Crippen molar-refractivity contribution in [1.82, 2.24) is 14.8 Å². The van der Waals surface area contributed by atoms with Crippen LogP contribution in [0.5, 0.6) is 0 Å². The van der Waals surface area contributed by atoms with Crippen molar-refractivity contribution in [2.45, 2.75) is 6.92 Å². The molecule has 0 unspecified atom stereocenters. The predicted molar refractivity (Wildman–Crippen MR) is 127 cm³/mol. The molecule has 0 aliphatic rings. The Bertz CT molecular complexity index is 1390. The second-order valence-electron chi connectivity index (χ2n) is 7.03. The molecule has 0 saturated heterocycles. The van der Waals surface area contributed by atoms with Gasteiger partial charge in [-0.3, -0.25) is 4.79 Å². The Kier molecular flexibility index (Phi) is 6.90. The summed E-state index contributed by atoms with van der Waals surface area (Å²) in [5.74, 6) is -1.66. The summed E-state index contributed by atoms with van der Waals surface area (Å²) in [4.78, 5) is 28.9. The number of carbonyl (C=O) groups excluding carboxylic acids is 2. The molecule has 34 heavy (non-hydrogen) atoms. The quantitative estimate of drug-likeness (QED) is 0.267. The zero-order valence-electron chi connectivity index (χ0n) is 17.8. The number of para-hydroxylation sites is 1. The minimum atomic E-state index is -0.633. The van der Waals surface area contributed by atoms with E-state index in [0.29, 0.717) is 16.9 Å². The lowest BCUT2D eigenvalue weighted by molar-refractivity contribution is 0.0518. The van der Waals surface area contributed by atoms with Crippen LogP contribution in [0.1, 0.15) is 27.8 Å². The third kappa shape index (κ3) is 4.93. The zero-order valence-corrected chi connectivity index (χ0v) is 19.3. The molecule has 4 rings (SSSR count). The lowest BCUT2D eigenvalue weighted by atomic mass is 10.1. The van der Waals surface area contributed by atoms with Crippen LogP contribution in [0.3, 0.4) is 0 Å². The molecule has 0 aliphatic carbocycles. The molecule has 2 aromatic heterocycles. The number of nitrogens with one attached hydrogen (secondary N) is 1. The van der Waals surface area contributed by atoms with Crippen molar-refractivity contribution in [1.29, 1.82) is 0 Å². The van der Waals surface area contributed by atoms with E-state index in [4.69, 9.17) is 27.9 Å². The second-order valence-corrected chi connectivity index (χ2v) is 7.82. The molecule has 1 N–H and O–H groups in total. The molecule has 0 aliphatic heterocycles. The number of anilines is 1. The van der Waals surface area contributed by atoms with Crippen molar-refractivity contribution in [3.63, 3.8) is 0 Å². The van der Waals surface area contributed by atoms with Gasteiger partial charge in [-0.05, 0) is 43.3 Å². The Morgan fingerprint density at radius 3 is 2.65 bits per heavy atom. The van der Waals surface area contributed by atoms with Crippen LogP contribution in [-0.4, -0.2) is 33.2 Å². The third-order valence-corrected chi connectivity index (χ3v) is 5.25. The monoisotopic (exact) mass is 498 g/mol. The lowest BCUT2D eigenvalue weighted by Crippen LogP contribution is -2.13. The van der Waals surface area contributed by atoms with Gasteiger partial charge in [0.05, 0.1) is 22.9 Å². The van der Waals surface area contributed by atoms with Crippen molar-refractivity contribution in [3.05, 3.63) is 94.1 Å². The Hall–Kier alpha value is -3.75. The molecular weight excluding hydrogens is 482 g/mol. The fraction of sp³-hybridized carbons (Fsp3) is 0.0833. The van der Waals surface area contributed by atoms with Gasteiger partial charge in [-0.2, -0.15) is 5.10 Å². The van der Waals surface area contributed by atoms with E-state index >= 15 is 0 Å². The molecule has 0 fully saturated rings. The van der Waals surface area contributed by atoms with Crippen LogP contribution >= 0.6 is 23.2 Å². The van der Waals surface area contributed by atoms with E-state index in [-0.39, 0.29) is 33.7 Å². The minimum Gasteiger partial charge on any atom is -0.461 e. The van der Waals surface area contributed by atoms with Crippen molar-refractivity contribution in [3.8, 4) is 16.9 Å². The molecular formula is C24H17Cl2FN4O3. The summed E-state index contributed by atoms with van der Waals surface area (Å²) in [5, 5.41) is 7.29. The van der Waals surface area contributed by atoms with Crippen LogP contribution in [0.2, 0.25) is 10.2 Å². The molecule has 2 heterocycles. The molecule has 0 atom stereocenters. The summed E-state index contributed by atoms with van der Waals surface area (Å²) < 4.78 is 20.9. The SMILES string of the molecule is CCOC(=O)c1cc(-c2cccc(NC(=O)c3cc(Cl)cnc3Cl)c2)n(-c2ccccc2F)n1. The van der Waals surface area contributed by atoms with Crippen molar-refractivity contribution in [2.75, 3.05) is 11.9 Å². The van der Waals surface area contributed by atoms with Crippen molar-refractivity contribution >= 4 is 40.8 Å². The molecule has 0 saturated carbocycles. The van der Waals surface area contributed by atoms with Gasteiger partial charge >= 0.3 is 5.97 Å². The number of halogens is 3. The minimum absolute atomic E-state index is 0.00904. The maximum Gasteiger partial charge on any atom is 0.358 e. The van der Waals surface area contributed by atoms with Crippen LogP contribution in [0.25, 0.3) is 16.9 Å². The van der Waals surface area contributed by atoms with Gasteiger partial charge in [0.2, 0.25) is 0 Å². The summed E-state index contributed by atoms with van der Waals surface area (Å²) in [6.45, 7) is 1.85. The Morgan fingerprint density at radius 1 is 1.09 bits per heavy atom. The maximum atomic E-state index is 14.6. The van der Waals surface area contributed by atoms with Crippen molar-refractivity contribution in [2.24, 2.45) is 0 Å². The number of rotatable bonds is 6. The summed E-state index contributed by atoms with van der Waals surface area (Å²) in [6, 6.07) is 15.7. The first kappa shape index (κ1) is 23.4. The molecule has 2 aromatic carbocycles. The van der Waals surface area contributed by atoms with Crippen molar-refractivity contribution < 1.29 is 18.7 Å². The first-order valence-electron chi connectivity index (χ1n) is 10.1. The zero-order chi connectivity index (χ0) is 24.2. The van der Waals surface area contributed by atoms with Gasteiger partial charge in [0, 0.05) is 17.4 Å². The number of ether oxygens (including phenoxy) is 1. The lowest BCUT2D eigenvalue weighted by Gasteiger charge is -2.11. The molecule has 0 bridgehead atoms. The summed E-state index contributed by atoms with van der Waals surface area (Å²) in [5.41, 5.74) is 1.70. The number of benzene rings is 2. The molecule has 10 heteroatoms. The number of hydrogen-bond acceptors (Lipinski definition) is 5. The number of esters is 1. The molecule has 0 radical (unpaired) electrons. The number of pyridine rings is 1. The van der Waals surface area contributed by atoms with Gasteiger partial charge in [0.1, 0.15) is 16.7 Å². The van der Waals surface area contributed by atoms with Gasteiger partial charge in [-0.1, -0.05) is 47.5 Å². The highest BCUT2D eigenvalue weighted by Gasteiger charge is 2.20. The van der Waals surface area contributed by atoms with Gasteiger partial charge < -0.3 is 10.1 Å². The number of amides is 1. The van der Waals surface area contributed by atoms with Crippen LogP contribution in [-0.2, 0) is 4.74 Å². The summed E-state index contributed by atoms with van der Waals surface area (Å²) in [7, 11) is 0. The fourth-order valence-corrected chi connectivity index (χ4v) is 3.58. The first-order chi connectivity index (χ1) is 16.4. The molecule has 4 aromatic rings. The van der Waals surface area contributed by atoms with E-state index in [1.165, 1.54) is 29.1 Å². The Labute approximate surface area is 204 Å². The maximum absolute atomic E-state index is 14.6. The average Bonchev–Trinajstić information content (AvgIpc) is 3.27. The standard InChI is InChI=1S/C24H17Cl2FN4O3/c1-2-34-24(33)19-12-21(31(30-19)20-9-4-3-8-18(20)27)14-6-5-7-16(10-14)29-23(32)17-11-15(25)13-28-22(17)26/h3-13H,2H2,1H3,(H,29,32). The van der Waals surface area contributed by atoms with Crippen LogP contribution in [0.15, 0.2) is 66.9 Å². The summed E-state index contributed by atoms with van der Waals surface area (Å²) in [6.07, 6.45) is 1.34. The first-order valence-corrected chi connectivity index (χ1v) is 10.9. The smallest absolute Gasteiger partial charge is 0.358 e. The normalized spacial score (nSPS) is 10.7. The molecule has 172 valence electrons. The molecule has 7 nitrogen and oxygen atoms in total. The number of carbonyl (C=O) groups is 2. The van der Waals surface area contributed by atoms with E-state index in [9.17, 15) is 14.0 Å². The highest BCUT2D eigenvalue weighted by molar-refractivity contribution is 6.35. The van der Waals surface area contributed by atoms with E-state index in [1.54, 1.807) is 49.4 Å². The van der Waals surface area contributed by atoms with Crippen LogP contribution < -0.4 is 5.32 Å². The summed E-state index contributed by atoms with van der Waals surface area (Å²) >= 11 is 12.0. The molecule has 1 amide bonds. The highest BCUT2D eigenvalue weighted by Crippen LogP contribution is 2.28. The van der Waals surface area contributed by atoms with Gasteiger partial charge in [0.25, 0.3) is 5.91 Å². The number of aromatic nitrogens is 3. The van der Waals surface area contributed by atoms with E-state index < -0.39 is 17.7 Å². The largest absolute Gasteiger partial charge is 0.461 e. The second kappa shape index (κ2) is 10.0. The Balaban J connectivity index is 1.74. The van der Waals surface area contributed by atoms with E-state index in [0.717, 1.165) is 0 Å². The topological polar surface area (TPSA) is 86.1 Å². The van der Waals surface area contributed by atoms with E-state index in [1.807, 2.05) is 0 Å². The third-order valence-electron chi connectivity index (χ3n) is 4.74. The van der Waals surface area contributed by atoms with Crippen LogP contribution in [0.4, 0.5) is 10.1 Å². The number of hydrogen-bond donors (Lipinski definition) is 1. The highest BCUT2D eigenvalue weighted by atomic mass is 35.5. The predicted octanol–water partition coefficient (Wildman–Crippen LogP) is 5.81. The van der Waals surface area contributed by atoms with E-state index in [2.05, 4.69) is 15.4 Å². The van der Waals surface area contributed by atoms with Gasteiger partial charge in [0.15, 0.2) is 5.69 Å². The van der Waals surface area contributed by atoms with Gasteiger partial charge in [-0.25, -0.2) is 18.9 Å². The van der Waals surface area contributed by atoms with Gasteiger partial charge in [-0.15, -0.1) is 0 Å². The average molecular weight is 499 g/mol. The Morgan fingerprint density at radius 2 is 1.88 bits per heavy atom. The fourth-order valence-electron chi connectivity index (χ4n) is 3.24.